The SMILES string of the molecule is c1ccc2c(c1)oc1ccc(-c3cc4c5c(c3)N(c3cccc6c3sc3ccccc36)c3c(ccc6c3sc3ccccc36)B5c3ccc5c(sc6ccccc65)c3-4)cc12. The predicted octanol–water partition coefficient (Wildman–Crippen LogP) is 14.6. The minimum atomic E-state index is 0.0939. The average molecular weight is 814 g/mol. The quantitative estimate of drug-likeness (QED) is 0.162. The number of fused-ring (bicyclic) bond motifs is 19. The Bertz CT molecular complexity index is 4050. The lowest BCUT2D eigenvalue weighted by atomic mass is 9.37. The lowest BCUT2D eigenvalue weighted by Gasteiger charge is -2.37. The Morgan fingerprint density at radius 3 is 1.77 bits per heavy atom. The predicted molar refractivity (Wildman–Crippen MR) is 263 cm³/mol. The Kier molecular flexibility index (Phi) is 6.18. The largest absolute Gasteiger partial charge is 0.456 e. The molecule has 2 aliphatic rings. The molecule has 6 heterocycles. The fourth-order valence-corrected chi connectivity index (χ4v) is 14.5. The maximum absolute atomic E-state index is 6.35. The summed E-state index contributed by atoms with van der Waals surface area (Å²) in [6.07, 6.45) is 0. The monoisotopic (exact) mass is 813 g/mol. The Morgan fingerprint density at radius 1 is 0.400 bits per heavy atom. The summed E-state index contributed by atoms with van der Waals surface area (Å²) in [6, 6.07) is 63.6. The second-order valence-corrected chi connectivity index (χ2v) is 19.4. The molecule has 0 saturated carbocycles. The first-order valence-electron chi connectivity index (χ1n) is 20.4. The lowest BCUT2D eigenvalue weighted by Crippen LogP contribution is -2.54. The maximum atomic E-state index is 6.35. The van der Waals surface area contributed by atoms with E-state index in [-0.39, 0.29) is 6.71 Å². The van der Waals surface area contributed by atoms with Crippen LogP contribution in [0.4, 0.5) is 17.1 Å². The molecule has 2 aliphatic heterocycles. The van der Waals surface area contributed by atoms with Gasteiger partial charge in [-0.25, -0.2) is 0 Å². The van der Waals surface area contributed by atoms with Gasteiger partial charge < -0.3 is 9.32 Å². The van der Waals surface area contributed by atoms with Crippen molar-refractivity contribution in [2.24, 2.45) is 0 Å². The molecule has 0 atom stereocenters. The summed E-state index contributed by atoms with van der Waals surface area (Å²) in [6.45, 7) is 0.0939. The standard InChI is InChI=1S/C54H28BNOS3/c1-5-16-44-31(10-1)38-26-29(20-25-45(38)57-44)30-27-39-49-40(23-21-36-33-12-3-7-18-47(33)59-53(36)49)55-41-24-22-37-34-13-4-8-19-48(34)60-54(37)51(41)56(43(28-30)50(39)55)42-15-9-14-35-32-11-2-6-17-46(32)58-52(35)42/h1-28H. The van der Waals surface area contributed by atoms with Gasteiger partial charge in [0.05, 0.1) is 20.8 Å². The molecule has 13 aromatic rings. The lowest BCUT2D eigenvalue weighted by molar-refractivity contribution is 0.669. The van der Waals surface area contributed by atoms with E-state index in [0.717, 1.165) is 21.9 Å². The van der Waals surface area contributed by atoms with E-state index in [0.29, 0.717) is 0 Å². The Hall–Kier alpha value is -6.70. The van der Waals surface area contributed by atoms with Crippen LogP contribution in [-0.2, 0) is 0 Å². The number of hydrogen-bond donors (Lipinski definition) is 0. The van der Waals surface area contributed by atoms with Crippen LogP contribution in [0.2, 0.25) is 0 Å². The zero-order chi connectivity index (χ0) is 38.8. The Morgan fingerprint density at radius 2 is 1.00 bits per heavy atom. The van der Waals surface area contributed by atoms with Crippen molar-refractivity contribution in [1.29, 1.82) is 0 Å². The highest BCUT2D eigenvalue weighted by Crippen LogP contribution is 2.53. The molecule has 15 rings (SSSR count). The highest BCUT2D eigenvalue weighted by molar-refractivity contribution is 7.28. The molecule has 0 radical (unpaired) electrons. The molecule has 4 aromatic heterocycles. The van der Waals surface area contributed by atoms with Gasteiger partial charge in [0.2, 0.25) is 6.71 Å². The highest BCUT2D eigenvalue weighted by atomic mass is 32.1. The smallest absolute Gasteiger partial charge is 0.248 e. The minimum absolute atomic E-state index is 0.0939. The van der Waals surface area contributed by atoms with Gasteiger partial charge in [-0.05, 0) is 87.8 Å². The third-order valence-corrected chi connectivity index (χ3v) is 16.9. The van der Waals surface area contributed by atoms with E-state index in [1.807, 2.05) is 34.0 Å². The average Bonchev–Trinajstić information content (AvgIpc) is 4.12. The van der Waals surface area contributed by atoms with Crippen LogP contribution in [0.5, 0.6) is 0 Å². The molecule has 276 valence electrons. The summed E-state index contributed by atoms with van der Waals surface area (Å²) in [5, 5.41) is 10.2. The summed E-state index contributed by atoms with van der Waals surface area (Å²) in [4.78, 5) is 2.67. The summed E-state index contributed by atoms with van der Waals surface area (Å²) in [5.41, 5.74) is 14.9. The molecule has 0 N–H and O–H groups in total. The van der Waals surface area contributed by atoms with E-state index < -0.39 is 0 Å². The van der Waals surface area contributed by atoms with Crippen LogP contribution >= 0.6 is 34.0 Å². The van der Waals surface area contributed by atoms with Crippen molar-refractivity contribution in [3.8, 4) is 22.3 Å². The van der Waals surface area contributed by atoms with E-state index in [1.54, 1.807) is 0 Å². The first kappa shape index (κ1) is 32.2. The zero-order valence-electron chi connectivity index (χ0n) is 31.8. The van der Waals surface area contributed by atoms with Crippen LogP contribution in [-0.4, -0.2) is 6.71 Å². The molecule has 0 bridgehead atoms. The van der Waals surface area contributed by atoms with E-state index >= 15 is 0 Å². The van der Waals surface area contributed by atoms with Crippen LogP contribution in [0.1, 0.15) is 0 Å². The minimum Gasteiger partial charge on any atom is -0.456 e. The first-order chi connectivity index (χ1) is 29.7. The molecular formula is C54H28BNOS3. The van der Waals surface area contributed by atoms with Crippen LogP contribution in [0, 0.1) is 0 Å². The van der Waals surface area contributed by atoms with Crippen molar-refractivity contribution < 1.29 is 4.42 Å². The van der Waals surface area contributed by atoms with Crippen molar-refractivity contribution in [2.45, 2.75) is 0 Å². The number of benzene rings is 9. The normalized spacial score (nSPS) is 13.3. The molecule has 9 aromatic carbocycles. The number of nitrogens with zero attached hydrogens (tertiary/aromatic N) is 1. The molecule has 0 spiro atoms. The van der Waals surface area contributed by atoms with Gasteiger partial charge in [-0.2, -0.15) is 0 Å². The number of hydrogen-bond acceptors (Lipinski definition) is 5. The van der Waals surface area contributed by atoms with E-state index in [4.69, 9.17) is 4.42 Å². The van der Waals surface area contributed by atoms with Gasteiger partial charge in [0.25, 0.3) is 0 Å². The Labute approximate surface area is 355 Å². The summed E-state index contributed by atoms with van der Waals surface area (Å²) < 4.78 is 14.3. The molecule has 0 unspecified atom stereocenters. The summed E-state index contributed by atoms with van der Waals surface area (Å²) in [7, 11) is 0. The Balaban J connectivity index is 1.12. The van der Waals surface area contributed by atoms with Gasteiger partial charge in [0.15, 0.2) is 0 Å². The van der Waals surface area contributed by atoms with Gasteiger partial charge in [0, 0.05) is 67.6 Å². The van der Waals surface area contributed by atoms with Gasteiger partial charge >= 0.3 is 0 Å². The second-order valence-electron chi connectivity index (χ2n) is 16.3. The number of furan rings is 1. The first-order valence-corrected chi connectivity index (χ1v) is 22.9. The van der Waals surface area contributed by atoms with Gasteiger partial charge in [-0.15, -0.1) is 34.0 Å². The molecule has 0 fully saturated rings. The molecule has 60 heavy (non-hydrogen) atoms. The van der Waals surface area contributed by atoms with Crippen LogP contribution in [0.3, 0.4) is 0 Å². The van der Waals surface area contributed by atoms with Gasteiger partial charge in [-0.3, -0.25) is 0 Å². The van der Waals surface area contributed by atoms with E-state index in [2.05, 4.69) is 175 Å². The topological polar surface area (TPSA) is 16.4 Å². The van der Waals surface area contributed by atoms with E-state index in [1.165, 1.54) is 116 Å². The number of para-hydroxylation sites is 1. The highest BCUT2D eigenvalue weighted by Gasteiger charge is 2.45. The summed E-state index contributed by atoms with van der Waals surface area (Å²) in [5.74, 6) is 0. The number of anilines is 3. The zero-order valence-corrected chi connectivity index (χ0v) is 34.3. The fraction of sp³-hybridized carbons (Fsp3) is 0. The number of thiophene rings is 3. The van der Waals surface area contributed by atoms with Gasteiger partial charge in [-0.1, -0.05) is 121 Å². The third-order valence-electron chi connectivity index (χ3n) is 13.3. The summed E-state index contributed by atoms with van der Waals surface area (Å²) >= 11 is 5.79. The second kappa shape index (κ2) is 11.5. The molecule has 0 amide bonds. The van der Waals surface area contributed by atoms with Crippen LogP contribution in [0.25, 0.3) is 105 Å². The van der Waals surface area contributed by atoms with Crippen molar-refractivity contribution in [3.05, 3.63) is 170 Å². The van der Waals surface area contributed by atoms with E-state index in [9.17, 15) is 0 Å². The van der Waals surface area contributed by atoms with Gasteiger partial charge in [0.1, 0.15) is 11.2 Å². The van der Waals surface area contributed by atoms with Crippen molar-refractivity contribution in [3.63, 3.8) is 0 Å². The van der Waals surface area contributed by atoms with Crippen molar-refractivity contribution in [1.82, 2.24) is 0 Å². The van der Waals surface area contributed by atoms with Crippen molar-refractivity contribution >= 4 is 157 Å². The van der Waals surface area contributed by atoms with Crippen LogP contribution < -0.4 is 21.3 Å². The maximum Gasteiger partial charge on any atom is 0.248 e. The molecule has 2 nitrogen and oxygen atoms in total. The number of rotatable bonds is 2. The molecule has 0 aliphatic carbocycles. The third kappa shape index (κ3) is 4.08. The van der Waals surface area contributed by atoms with Crippen molar-refractivity contribution in [2.75, 3.05) is 4.90 Å². The fourth-order valence-electron chi connectivity index (χ4n) is 10.7. The molecule has 0 saturated heterocycles. The molecular weight excluding hydrogens is 786 g/mol. The molecule has 6 heteroatoms. The van der Waals surface area contributed by atoms with Crippen LogP contribution in [0.15, 0.2) is 174 Å².